The first-order chi connectivity index (χ1) is 7.81. The fraction of sp³-hybridized carbons (Fsp3) is 0.250. The molecule has 1 aromatic heterocycles. The lowest BCUT2D eigenvalue weighted by atomic mass is 10.2. The van der Waals surface area contributed by atoms with E-state index < -0.39 is 0 Å². The Morgan fingerprint density at radius 1 is 1.38 bits per heavy atom. The lowest BCUT2D eigenvalue weighted by molar-refractivity contribution is 0.846. The Kier molecular flexibility index (Phi) is 3.85. The molecular weight excluding hydrogens is 236 g/mol. The van der Waals surface area contributed by atoms with E-state index >= 15 is 0 Å². The molecule has 0 spiro atoms. The van der Waals surface area contributed by atoms with Gasteiger partial charge in [-0.15, -0.1) is 23.1 Å². The highest BCUT2D eigenvalue weighted by Crippen LogP contribution is 2.28. The predicted molar refractivity (Wildman–Crippen MR) is 72.4 cm³/mol. The van der Waals surface area contributed by atoms with Gasteiger partial charge >= 0.3 is 0 Å². The summed E-state index contributed by atoms with van der Waals surface area (Å²) in [6.45, 7) is 2.13. The average Bonchev–Trinajstić information content (AvgIpc) is 2.83. The largest absolute Gasteiger partial charge is 0.376 e. The second-order valence-electron chi connectivity index (χ2n) is 3.48. The molecule has 2 rings (SSSR count). The highest BCUT2D eigenvalue weighted by molar-refractivity contribution is 7.98. The van der Waals surface area contributed by atoms with Crippen molar-refractivity contribution in [3.63, 3.8) is 0 Å². The van der Waals surface area contributed by atoms with E-state index in [1.54, 1.807) is 23.1 Å². The molecule has 0 aliphatic heterocycles. The van der Waals surface area contributed by atoms with Crippen LogP contribution in [0.25, 0.3) is 0 Å². The predicted octanol–water partition coefficient (Wildman–Crippen LogP) is 4.04. The van der Waals surface area contributed by atoms with E-state index in [4.69, 9.17) is 0 Å². The van der Waals surface area contributed by atoms with Crippen LogP contribution in [0.2, 0.25) is 0 Å². The molecule has 0 aliphatic carbocycles. The van der Waals surface area contributed by atoms with Crippen molar-refractivity contribution in [3.8, 4) is 0 Å². The number of para-hydroxylation sites is 1. The maximum atomic E-state index is 4.32. The molecule has 4 heteroatoms. The van der Waals surface area contributed by atoms with Crippen LogP contribution in [0.3, 0.4) is 0 Å². The number of thioether (sulfide) groups is 1. The van der Waals surface area contributed by atoms with Crippen molar-refractivity contribution in [1.82, 2.24) is 4.98 Å². The maximum absolute atomic E-state index is 4.32. The smallest absolute Gasteiger partial charge is 0.0795 e. The summed E-state index contributed by atoms with van der Waals surface area (Å²) in [5, 5.41) is 5.57. The molecule has 2 nitrogen and oxygen atoms in total. The molecule has 1 N–H and O–H groups in total. The van der Waals surface area contributed by atoms with Gasteiger partial charge in [-0.05, 0) is 25.3 Å². The van der Waals surface area contributed by atoms with E-state index in [0.29, 0.717) is 0 Å². The molecular formula is C12H14N2S2. The van der Waals surface area contributed by atoms with Crippen LogP contribution in [0, 0.1) is 0 Å². The van der Waals surface area contributed by atoms with Gasteiger partial charge in [0.15, 0.2) is 0 Å². The van der Waals surface area contributed by atoms with Crippen molar-refractivity contribution >= 4 is 28.8 Å². The third-order valence-corrected chi connectivity index (χ3v) is 3.77. The Bertz CT molecular complexity index is 440. The van der Waals surface area contributed by atoms with Crippen molar-refractivity contribution in [2.45, 2.75) is 17.9 Å². The van der Waals surface area contributed by atoms with Gasteiger partial charge in [-0.2, -0.15) is 0 Å². The number of nitrogens with zero attached hydrogens (tertiary/aromatic N) is 1. The van der Waals surface area contributed by atoms with Crippen LogP contribution in [0.4, 0.5) is 5.69 Å². The van der Waals surface area contributed by atoms with Crippen LogP contribution in [-0.2, 0) is 0 Å². The maximum Gasteiger partial charge on any atom is 0.0795 e. The molecule has 1 atom stereocenters. The van der Waals surface area contributed by atoms with E-state index in [1.807, 2.05) is 5.51 Å². The topological polar surface area (TPSA) is 24.9 Å². The number of anilines is 1. The first-order valence-electron chi connectivity index (χ1n) is 5.09. The monoisotopic (exact) mass is 250 g/mol. The summed E-state index contributed by atoms with van der Waals surface area (Å²) >= 11 is 3.39. The second-order valence-corrected chi connectivity index (χ2v) is 5.05. The van der Waals surface area contributed by atoms with Crippen LogP contribution in [-0.4, -0.2) is 11.2 Å². The van der Waals surface area contributed by atoms with E-state index in [1.165, 1.54) is 10.6 Å². The van der Waals surface area contributed by atoms with Gasteiger partial charge in [0.1, 0.15) is 0 Å². The van der Waals surface area contributed by atoms with Crippen molar-refractivity contribution < 1.29 is 0 Å². The molecule has 1 aromatic carbocycles. The van der Waals surface area contributed by atoms with Crippen molar-refractivity contribution in [3.05, 3.63) is 40.8 Å². The van der Waals surface area contributed by atoms with Gasteiger partial charge in [0.2, 0.25) is 0 Å². The normalized spacial score (nSPS) is 12.4. The van der Waals surface area contributed by atoms with Gasteiger partial charge in [-0.3, -0.25) is 0 Å². The number of hydrogen-bond donors (Lipinski definition) is 1. The summed E-state index contributed by atoms with van der Waals surface area (Å²) in [6.07, 6.45) is 2.09. The molecule has 16 heavy (non-hydrogen) atoms. The minimum absolute atomic E-state index is 0.250. The fourth-order valence-corrected chi connectivity index (χ4v) is 2.72. The molecule has 0 saturated carbocycles. The number of hydrogen-bond acceptors (Lipinski definition) is 4. The zero-order valence-electron chi connectivity index (χ0n) is 9.31. The highest BCUT2D eigenvalue weighted by atomic mass is 32.2. The number of nitrogens with one attached hydrogen (secondary N) is 1. The number of rotatable bonds is 4. The van der Waals surface area contributed by atoms with Gasteiger partial charge in [-0.1, -0.05) is 12.1 Å². The van der Waals surface area contributed by atoms with Crippen LogP contribution in [0.5, 0.6) is 0 Å². The molecule has 2 aromatic rings. The molecule has 0 aliphatic rings. The third-order valence-electron chi connectivity index (χ3n) is 2.37. The summed E-state index contributed by atoms with van der Waals surface area (Å²) in [5.41, 5.74) is 4.14. The quantitative estimate of drug-likeness (QED) is 0.829. The van der Waals surface area contributed by atoms with Crippen molar-refractivity contribution in [2.75, 3.05) is 11.6 Å². The first-order valence-corrected chi connectivity index (χ1v) is 7.25. The third kappa shape index (κ3) is 2.57. The van der Waals surface area contributed by atoms with E-state index in [-0.39, 0.29) is 6.04 Å². The fourth-order valence-electron chi connectivity index (χ4n) is 1.51. The SMILES string of the molecule is CSc1ccccc1NC(C)c1cscn1. The van der Waals surface area contributed by atoms with Crippen molar-refractivity contribution in [2.24, 2.45) is 0 Å². The number of aromatic nitrogens is 1. The van der Waals surface area contributed by atoms with Crippen LogP contribution in [0.15, 0.2) is 40.1 Å². The molecule has 0 saturated heterocycles. The molecule has 0 fully saturated rings. The Hall–Kier alpha value is -1.00. The van der Waals surface area contributed by atoms with Gasteiger partial charge in [0, 0.05) is 16.0 Å². The van der Waals surface area contributed by atoms with Crippen LogP contribution in [0.1, 0.15) is 18.7 Å². The molecule has 0 amide bonds. The van der Waals surface area contributed by atoms with Gasteiger partial charge in [0.25, 0.3) is 0 Å². The Morgan fingerprint density at radius 3 is 2.88 bits per heavy atom. The summed E-state index contributed by atoms with van der Waals surface area (Å²) in [5.74, 6) is 0. The first kappa shape index (κ1) is 11.5. The van der Waals surface area contributed by atoms with Gasteiger partial charge in [-0.25, -0.2) is 4.98 Å². The molecule has 0 radical (unpaired) electrons. The van der Waals surface area contributed by atoms with Gasteiger partial charge in [0.05, 0.1) is 17.2 Å². The summed E-state index contributed by atoms with van der Waals surface area (Å²) in [7, 11) is 0. The molecule has 84 valence electrons. The Balaban J connectivity index is 2.14. The summed E-state index contributed by atoms with van der Waals surface area (Å²) < 4.78 is 0. The van der Waals surface area contributed by atoms with E-state index in [9.17, 15) is 0 Å². The minimum atomic E-state index is 0.250. The lowest BCUT2D eigenvalue weighted by Crippen LogP contribution is -2.07. The standard InChI is InChI=1S/C12H14N2S2/c1-9(11-7-16-8-13-11)14-10-5-3-4-6-12(10)15-2/h3-9,14H,1-2H3. The molecule has 0 bridgehead atoms. The molecule has 1 unspecified atom stereocenters. The summed E-state index contributed by atoms with van der Waals surface area (Å²) in [6, 6.07) is 8.59. The lowest BCUT2D eigenvalue weighted by Gasteiger charge is -2.15. The minimum Gasteiger partial charge on any atom is -0.376 e. The van der Waals surface area contributed by atoms with E-state index in [2.05, 4.69) is 53.1 Å². The van der Waals surface area contributed by atoms with Gasteiger partial charge < -0.3 is 5.32 Å². The summed E-state index contributed by atoms with van der Waals surface area (Å²) in [4.78, 5) is 5.59. The highest BCUT2D eigenvalue weighted by Gasteiger charge is 2.08. The van der Waals surface area contributed by atoms with Crippen molar-refractivity contribution in [1.29, 1.82) is 0 Å². The second kappa shape index (κ2) is 5.37. The van der Waals surface area contributed by atoms with Crippen LogP contribution >= 0.6 is 23.1 Å². The zero-order chi connectivity index (χ0) is 11.4. The number of benzene rings is 1. The van der Waals surface area contributed by atoms with Crippen LogP contribution < -0.4 is 5.32 Å². The zero-order valence-corrected chi connectivity index (χ0v) is 10.9. The average molecular weight is 250 g/mol. The molecule has 1 heterocycles. The Labute approximate surface area is 104 Å². The van der Waals surface area contributed by atoms with E-state index in [0.717, 1.165) is 5.69 Å². The Morgan fingerprint density at radius 2 is 2.19 bits per heavy atom. The number of thiazole rings is 1.